The van der Waals surface area contributed by atoms with Crippen LogP contribution in [0.2, 0.25) is 0 Å². The number of likely N-dealkylation sites (tertiary alicyclic amines) is 1. The molecule has 0 N–H and O–H groups in total. The molecule has 0 aromatic carbocycles. The van der Waals surface area contributed by atoms with Gasteiger partial charge in [-0.3, -0.25) is 14.4 Å². The van der Waals surface area contributed by atoms with Crippen molar-refractivity contribution in [3.05, 3.63) is 0 Å². The van der Waals surface area contributed by atoms with E-state index in [1.165, 1.54) is 9.80 Å². The number of piperidine rings is 1. The van der Waals surface area contributed by atoms with Gasteiger partial charge in [0.1, 0.15) is 0 Å². The van der Waals surface area contributed by atoms with Crippen LogP contribution in [-0.4, -0.2) is 78.4 Å². The first-order chi connectivity index (χ1) is 10.2. The Hall–Kier alpha value is -1.80. The number of carbonyl (C=O) groups is 3. The summed E-state index contributed by atoms with van der Waals surface area (Å²) in [5.41, 5.74) is 0. The normalized spacial score (nSPS) is 21.3. The summed E-state index contributed by atoms with van der Waals surface area (Å²) in [6, 6.07) is 0. The lowest BCUT2D eigenvalue weighted by atomic mass is 9.95. The Balaban J connectivity index is 1.88. The molecule has 0 aromatic rings. The number of piperazine rings is 1. The van der Waals surface area contributed by atoms with E-state index in [2.05, 4.69) is 0 Å². The summed E-state index contributed by atoms with van der Waals surface area (Å²) in [6.07, 6.45) is -4.48. The number of amides is 3. The van der Waals surface area contributed by atoms with Gasteiger partial charge in [-0.25, -0.2) is 0 Å². The first-order valence-electron chi connectivity index (χ1n) is 7.09. The fourth-order valence-corrected chi connectivity index (χ4v) is 2.71. The Bertz CT molecular complexity index is 473. The van der Waals surface area contributed by atoms with E-state index in [-0.39, 0.29) is 44.3 Å². The average molecular weight is 321 g/mol. The molecule has 0 spiro atoms. The van der Waals surface area contributed by atoms with Crippen LogP contribution in [-0.2, 0) is 14.4 Å². The Morgan fingerprint density at radius 1 is 1.05 bits per heavy atom. The molecule has 22 heavy (non-hydrogen) atoms. The van der Waals surface area contributed by atoms with Gasteiger partial charge in [0.25, 0.3) is 0 Å². The molecule has 0 bridgehead atoms. The molecule has 0 aromatic heterocycles. The van der Waals surface area contributed by atoms with E-state index >= 15 is 0 Å². The topological polar surface area (TPSA) is 60.9 Å². The molecule has 6 nitrogen and oxygen atoms in total. The zero-order valence-electron chi connectivity index (χ0n) is 12.2. The SMILES string of the molecule is CN1CCN(C(=O)C2CCN(C(=O)C(F)(F)F)CC2)CC1=O. The Kier molecular flexibility index (Phi) is 4.62. The number of hydrogen-bond donors (Lipinski definition) is 0. The quantitative estimate of drug-likeness (QED) is 0.688. The van der Waals surface area contributed by atoms with Crippen LogP contribution in [0.5, 0.6) is 0 Å². The van der Waals surface area contributed by atoms with Crippen LogP contribution in [0.25, 0.3) is 0 Å². The standard InChI is InChI=1S/C13H18F3N3O3/c1-17-6-7-19(8-10(17)20)11(21)9-2-4-18(5-3-9)12(22)13(14,15)16/h9H,2-8H2,1H3. The van der Waals surface area contributed by atoms with Crippen molar-refractivity contribution in [2.24, 2.45) is 5.92 Å². The predicted molar refractivity (Wildman–Crippen MR) is 69.6 cm³/mol. The third-order valence-corrected chi connectivity index (χ3v) is 4.14. The van der Waals surface area contributed by atoms with Crippen LogP contribution in [0, 0.1) is 5.92 Å². The molecule has 0 unspecified atom stereocenters. The van der Waals surface area contributed by atoms with Gasteiger partial charge in [-0.05, 0) is 12.8 Å². The van der Waals surface area contributed by atoms with Crippen LogP contribution in [0.1, 0.15) is 12.8 Å². The summed E-state index contributed by atoms with van der Waals surface area (Å²) in [6.45, 7) is 0.725. The fraction of sp³-hybridized carbons (Fsp3) is 0.769. The molecular formula is C13H18F3N3O3. The number of alkyl halides is 3. The molecule has 2 aliphatic rings. The van der Waals surface area contributed by atoms with Gasteiger partial charge in [0.15, 0.2) is 0 Å². The van der Waals surface area contributed by atoms with E-state index in [4.69, 9.17) is 0 Å². The molecule has 3 amide bonds. The summed E-state index contributed by atoms with van der Waals surface area (Å²) in [5.74, 6) is -2.63. The van der Waals surface area contributed by atoms with Crippen molar-refractivity contribution in [2.45, 2.75) is 19.0 Å². The van der Waals surface area contributed by atoms with Crippen molar-refractivity contribution in [1.82, 2.24) is 14.7 Å². The largest absolute Gasteiger partial charge is 0.471 e. The minimum atomic E-state index is -4.87. The highest BCUT2D eigenvalue weighted by Gasteiger charge is 2.44. The highest BCUT2D eigenvalue weighted by atomic mass is 19.4. The van der Waals surface area contributed by atoms with Gasteiger partial charge in [-0.1, -0.05) is 0 Å². The summed E-state index contributed by atoms with van der Waals surface area (Å²) in [4.78, 5) is 38.8. The van der Waals surface area contributed by atoms with Gasteiger partial charge in [0, 0.05) is 39.1 Å². The lowest BCUT2D eigenvalue weighted by Gasteiger charge is -2.37. The molecule has 124 valence electrons. The zero-order valence-corrected chi connectivity index (χ0v) is 12.2. The van der Waals surface area contributed by atoms with Crippen molar-refractivity contribution in [3.8, 4) is 0 Å². The maximum Gasteiger partial charge on any atom is 0.471 e. The van der Waals surface area contributed by atoms with Crippen LogP contribution in [0.15, 0.2) is 0 Å². The third kappa shape index (κ3) is 3.50. The van der Waals surface area contributed by atoms with Gasteiger partial charge in [0.05, 0.1) is 6.54 Å². The highest BCUT2D eigenvalue weighted by Crippen LogP contribution is 2.25. The summed E-state index contributed by atoms with van der Waals surface area (Å²) >= 11 is 0. The second-order valence-corrected chi connectivity index (χ2v) is 5.64. The van der Waals surface area contributed by atoms with Crippen LogP contribution in [0.3, 0.4) is 0 Å². The zero-order chi connectivity index (χ0) is 16.5. The maximum atomic E-state index is 12.4. The number of halogens is 3. The summed E-state index contributed by atoms with van der Waals surface area (Å²) < 4.78 is 37.1. The third-order valence-electron chi connectivity index (χ3n) is 4.14. The second kappa shape index (κ2) is 6.13. The fourth-order valence-electron chi connectivity index (χ4n) is 2.71. The van der Waals surface area contributed by atoms with E-state index in [1.54, 1.807) is 7.05 Å². The van der Waals surface area contributed by atoms with Gasteiger partial charge in [0.2, 0.25) is 11.8 Å². The molecule has 0 radical (unpaired) electrons. The van der Waals surface area contributed by atoms with Gasteiger partial charge in [-0.2, -0.15) is 13.2 Å². The van der Waals surface area contributed by atoms with Crippen LogP contribution >= 0.6 is 0 Å². The van der Waals surface area contributed by atoms with Crippen molar-refractivity contribution in [2.75, 3.05) is 39.8 Å². The molecule has 2 saturated heterocycles. The Labute approximate surface area is 125 Å². The van der Waals surface area contributed by atoms with E-state index in [9.17, 15) is 27.6 Å². The Morgan fingerprint density at radius 3 is 2.14 bits per heavy atom. The average Bonchev–Trinajstić information content (AvgIpc) is 2.48. The highest BCUT2D eigenvalue weighted by molar-refractivity contribution is 5.87. The smallest absolute Gasteiger partial charge is 0.342 e. The molecule has 0 saturated carbocycles. The van der Waals surface area contributed by atoms with Crippen molar-refractivity contribution in [1.29, 1.82) is 0 Å². The first kappa shape index (κ1) is 16.6. The second-order valence-electron chi connectivity index (χ2n) is 5.64. The first-order valence-corrected chi connectivity index (χ1v) is 7.09. The number of hydrogen-bond acceptors (Lipinski definition) is 3. The monoisotopic (exact) mass is 321 g/mol. The Morgan fingerprint density at radius 2 is 1.64 bits per heavy atom. The predicted octanol–water partition coefficient (Wildman–Crippen LogP) is 0.0879. The molecule has 0 atom stereocenters. The summed E-state index contributed by atoms with van der Waals surface area (Å²) in [7, 11) is 1.66. The number of likely N-dealkylation sites (N-methyl/N-ethyl adjacent to an activating group) is 1. The van der Waals surface area contributed by atoms with Gasteiger partial charge < -0.3 is 14.7 Å². The molecule has 9 heteroatoms. The minimum absolute atomic E-state index is 0.0109. The molecule has 2 fully saturated rings. The van der Waals surface area contributed by atoms with Crippen molar-refractivity contribution >= 4 is 17.7 Å². The number of carbonyl (C=O) groups excluding carboxylic acids is 3. The number of rotatable bonds is 1. The van der Waals surface area contributed by atoms with Crippen molar-refractivity contribution in [3.63, 3.8) is 0 Å². The van der Waals surface area contributed by atoms with Crippen LogP contribution in [0.4, 0.5) is 13.2 Å². The van der Waals surface area contributed by atoms with Gasteiger partial charge >= 0.3 is 12.1 Å². The lowest BCUT2D eigenvalue weighted by molar-refractivity contribution is -0.187. The maximum absolute atomic E-state index is 12.4. The lowest BCUT2D eigenvalue weighted by Crippen LogP contribution is -2.54. The molecule has 2 aliphatic heterocycles. The van der Waals surface area contributed by atoms with E-state index in [0.717, 1.165) is 4.90 Å². The molecular weight excluding hydrogens is 303 g/mol. The minimum Gasteiger partial charge on any atom is -0.342 e. The van der Waals surface area contributed by atoms with Crippen LogP contribution < -0.4 is 0 Å². The molecule has 0 aliphatic carbocycles. The van der Waals surface area contributed by atoms with Crippen molar-refractivity contribution < 1.29 is 27.6 Å². The van der Waals surface area contributed by atoms with Gasteiger partial charge in [-0.15, -0.1) is 0 Å². The summed E-state index contributed by atoms with van der Waals surface area (Å²) in [5, 5.41) is 0. The molecule has 2 rings (SSSR count). The number of nitrogens with zero attached hydrogens (tertiary/aromatic N) is 3. The van der Waals surface area contributed by atoms with E-state index < -0.39 is 18.0 Å². The molecule has 2 heterocycles. The van der Waals surface area contributed by atoms with E-state index in [0.29, 0.717) is 13.1 Å². The van der Waals surface area contributed by atoms with E-state index in [1.807, 2.05) is 0 Å².